The van der Waals surface area contributed by atoms with Crippen LogP contribution >= 0.6 is 0 Å². The molecular weight excluding hydrogens is 340 g/mol. The highest BCUT2D eigenvalue weighted by molar-refractivity contribution is 6.29. The molecule has 130 valence electrons. The van der Waals surface area contributed by atoms with Crippen LogP contribution in [0.5, 0.6) is 0 Å². The summed E-state index contributed by atoms with van der Waals surface area (Å²) in [5.41, 5.74) is 7.62. The van der Waals surface area contributed by atoms with Crippen LogP contribution in [-0.4, -0.2) is 8.97 Å². The molecule has 0 atom stereocenters. The fourth-order valence-electron chi connectivity index (χ4n) is 4.99. The van der Waals surface area contributed by atoms with Crippen molar-refractivity contribution in [2.75, 3.05) is 0 Å². The van der Waals surface area contributed by atoms with Crippen LogP contribution in [0, 0.1) is 0 Å². The molecule has 0 amide bonds. The van der Waals surface area contributed by atoms with Crippen molar-refractivity contribution in [2.45, 2.75) is 0 Å². The number of hydrogen-bond donors (Lipinski definition) is 0. The number of fused-ring (bicyclic) bond motifs is 8. The highest BCUT2D eigenvalue weighted by atomic mass is 15.0. The molecular formula is C26H16N2. The number of nitrogens with zero attached hydrogens (tertiary/aromatic N) is 2. The van der Waals surface area contributed by atoms with E-state index in [0.29, 0.717) is 0 Å². The van der Waals surface area contributed by atoms with E-state index < -0.39 is 0 Å². The molecule has 0 unspecified atom stereocenters. The van der Waals surface area contributed by atoms with E-state index in [4.69, 9.17) is 0 Å². The van der Waals surface area contributed by atoms with Crippen molar-refractivity contribution >= 4 is 49.1 Å². The highest BCUT2D eigenvalue weighted by Gasteiger charge is 2.23. The quantitative estimate of drug-likeness (QED) is 0.307. The van der Waals surface area contributed by atoms with Gasteiger partial charge in [0.25, 0.3) is 0 Å². The Morgan fingerprint density at radius 2 is 1.07 bits per heavy atom. The number of hydrogen-bond acceptors (Lipinski definition) is 0. The summed E-state index contributed by atoms with van der Waals surface area (Å²) in [5.74, 6) is 0. The van der Waals surface area contributed by atoms with Gasteiger partial charge in [0.15, 0.2) is 0 Å². The highest BCUT2D eigenvalue weighted by Crippen LogP contribution is 2.44. The van der Waals surface area contributed by atoms with Crippen LogP contribution in [0.25, 0.3) is 54.8 Å². The minimum atomic E-state index is 1.20. The Morgan fingerprint density at radius 3 is 1.93 bits per heavy atom. The maximum Gasteiger partial charge on any atom is 0.0810 e. The standard InChI is InChI=1S/C26H16N2/c1-2-9-17(10-3-1)27-22-14-7-6-13-20(22)24-23-16-8-15-21-18-11-4-5-12-19(18)25(26(24)27)28(21)23/h1-16H. The topological polar surface area (TPSA) is 9.34 Å². The average molecular weight is 356 g/mol. The molecule has 0 saturated carbocycles. The normalized spacial score (nSPS) is 12.3. The molecule has 2 heteroatoms. The molecule has 0 spiro atoms. The first-order valence-corrected chi connectivity index (χ1v) is 9.65. The Balaban J connectivity index is 1.89. The molecule has 0 radical (unpaired) electrons. The largest absolute Gasteiger partial charge is 0.307 e. The molecule has 4 heterocycles. The molecule has 0 bridgehead atoms. The fourth-order valence-corrected chi connectivity index (χ4v) is 4.99. The minimum absolute atomic E-state index is 1.20. The minimum Gasteiger partial charge on any atom is -0.307 e. The Kier molecular flexibility index (Phi) is 2.52. The molecule has 0 aliphatic carbocycles. The van der Waals surface area contributed by atoms with Crippen molar-refractivity contribution in [1.82, 2.24) is 8.97 Å². The summed E-state index contributed by atoms with van der Waals surface area (Å²) in [4.78, 5) is 0. The smallest absolute Gasteiger partial charge is 0.0810 e. The van der Waals surface area contributed by atoms with Crippen molar-refractivity contribution in [2.24, 2.45) is 0 Å². The summed E-state index contributed by atoms with van der Waals surface area (Å²) in [6.45, 7) is 0. The second-order valence-electron chi connectivity index (χ2n) is 7.44. The van der Waals surface area contributed by atoms with Crippen LogP contribution in [0.2, 0.25) is 0 Å². The Morgan fingerprint density at radius 1 is 0.429 bits per heavy atom. The lowest BCUT2D eigenvalue weighted by Crippen LogP contribution is -1.93. The van der Waals surface area contributed by atoms with Crippen molar-refractivity contribution in [1.29, 1.82) is 0 Å². The van der Waals surface area contributed by atoms with Gasteiger partial charge >= 0.3 is 0 Å². The van der Waals surface area contributed by atoms with Gasteiger partial charge in [-0.25, -0.2) is 0 Å². The van der Waals surface area contributed by atoms with Gasteiger partial charge < -0.3 is 8.97 Å². The number of benzene rings is 3. The molecule has 0 aliphatic heterocycles. The van der Waals surface area contributed by atoms with E-state index in [9.17, 15) is 0 Å². The molecule has 0 N–H and O–H groups in total. The maximum atomic E-state index is 2.45. The van der Waals surface area contributed by atoms with Crippen LogP contribution in [0.15, 0.2) is 97.1 Å². The SMILES string of the molecule is c1ccc(-n2c3ccccc3c3c2c2c4ccccc4c4cccc3n42)cc1. The van der Waals surface area contributed by atoms with E-state index in [1.165, 1.54) is 54.8 Å². The molecule has 0 fully saturated rings. The summed E-state index contributed by atoms with van der Waals surface area (Å²) in [7, 11) is 0. The third-order valence-corrected chi connectivity index (χ3v) is 6.04. The third-order valence-electron chi connectivity index (χ3n) is 6.04. The lowest BCUT2D eigenvalue weighted by molar-refractivity contribution is 1.18. The number of rotatable bonds is 1. The van der Waals surface area contributed by atoms with Gasteiger partial charge in [-0.2, -0.15) is 0 Å². The van der Waals surface area contributed by atoms with Crippen molar-refractivity contribution in [3.8, 4) is 5.69 Å². The summed E-state index contributed by atoms with van der Waals surface area (Å²) in [6.07, 6.45) is 0. The lowest BCUT2D eigenvalue weighted by atomic mass is 10.1. The van der Waals surface area contributed by atoms with Crippen LogP contribution in [0.3, 0.4) is 0 Å². The van der Waals surface area contributed by atoms with Crippen LogP contribution in [-0.2, 0) is 0 Å². The van der Waals surface area contributed by atoms with E-state index in [1.54, 1.807) is 0 Å². The van der Waals surface area contributed by atoms with Gasteiger partial charge in [-0.1, -0.05) is 66.7 Å². The van der Waals surface area contributed by atoms with E-state index in [-0.39, 0.29) is 0 Å². The van der Waals surface area contributed by atoms with Gasteiger partial charge in [-0.05, 0) is 30.3 Å². The predicted molar refractivity (Wildman–Crippen MR) is 118 cm³/mol. The van der Waals surface area contributed by atoms with E-state index in [2.05, 4.69) is 106 Å². The van der Waals surface area contributed by atoms with Crippen LogP contribution in [0.4, 0.5) is 0 Å². The molecule has 0 saturated heterocycles. The third kappa shape index (κ3) is 1.55. The number of para-hydroxylation sites is 2. The first-order chi connectivity index (χ1) is 13.9. The summed E-state index contributed by atoms with van der Waals surface area (Å²) < 4.78 is 4.88. The second kappa shape index (κ2) is 4.93. The molecule has 7 rings (SSSR count). The Hall–Kier alpha value is -3.78. The first kappa shape index (κ1) is 14.3. The average Bonchev–Trinajstić information content (AvgIpc) is 3.38. The van der Waals surface area contributed by atoms with Crippen molar-refractivity contribution < 1.29 is 0 Å². The molecule has 0 aliphatic rings. The molecule has 4 aromatic heterocycles. The first-order valence-electron chi connectivity index (χ1n) is 9.65. The van der Waals surface area contributed by atoms with Gasteiger partial charge in [0.05, 0.1) is 27.6 Å². The van der Waals surface area contributed by atoms with Crippen molar-refractivity contribution in [3.63, 3.8) is 0 Å². The Labute approximate surface area is 161 Å². The summed E-state index contributed by atoms with van der Waals surface area (Å²) in [6, 6.07) is 34.9. The van der Waals surface area contributed by atoms with E-state index >= 15 is 0 Å². The van der Waals surface area contributed by atoms with Gasteiger partial charge in [0.1, 0.15) is 0 Å². The predicted octanol–water partition coefficient (Wildman–Crippen LogP) is 6.78. The van der Waals surface area contributed by atoms with E-state index in [1.807, 2.05) is 0 Å². The number of aromatic nitrogens is 2. The Bertz CT molecular complexity index is 1650. The second-order valence-corrected chi connectivity index (χ2v) is 7.44. The summed E-state index contributed by atoms with van der Waals surface area (Å²) >= 11 is 0. The lowest BCUT2D eigenvalue weighted by Gasteiger charge is -2.07. The zero-order valence-electron chi connectivity index (χ0n) is 15.1. The molecule has 2 nitrogen and oxygen atoms in total. The molecule has 28 heavy (non-hydrogen) atoms. The monoisotopic (exact) mass is 356 g/mol. The van der Waals surface area contributed by atoms with Crippen LogP contribution < -0.4 is 0 Å². The zero-order valence-corrected chi connectivity index (χ0v) is 15.1. The fraction of sp³-hybridized carbons (Fsp3) is 0. The van der Waals surface area contributed by atoms with Gasteiger partial charge in [-0.15, -0.1) is 0 Å². The van der Waals surface area contributed by atoms with Gasteiger partial charge in [-0.3, -0.25) is 0 Å². The van der Waals surface area contributed by atoms with Gasteiger partial charge in [0, 0.05) is 27.2 Å². The van der Waals surface area contributed by atoms with Gasteiger partial charge in [0.2, 0.25) is 0 Å². The number of pyridine rings is 1. The molecule has 3 aromatic carbocycles. The summed E-state index contributed by atoms with van der Waals surface area (Å²) in [5, 5.41) is 5.27. The van der Waals surface area contributed by atoms with E-state index in [0.717, 1.165) is 0 Å². The van der Waals surface area contributed by atoms with Crippen LogP contribution in [0.1, 0.15) is 0 Å². The van der Waals surface area contributed by atoms with Crippen molar-refractivity contribution in [3.05, 3.63) is 97.1 Å². The molecule has 7 aromatic rings. The zero-order chi connectivity index (χ0) is 18.2. The maximum absolute atomic E-state index is 2.45.